The van der Waals surface area contributed by atoms with E-state index in [2.05, 4.69) is 51.8 Å². The number of halogens is 3. The molecule has 3 aliphatic rings. The minimum Gasteiger partial charge on any atom is -0.469 e. The summed E-state index contributed by atoms with van der Waals surface area (Å²) in [5.74, 6) is -0.279. The van der Waals surface area contributed by atoms with Crippen LogP contribution in [-0.2, 0) is 28.5 Å². The summed E-state index contributed by atoms with van der Waals surface area (Å²) in [5.41, 5.74) is 0. The second kappa shape index (κ2) is 12.6. The number of rotatable bonds is 9. The van der Waals surface area contributed by atoms with Crippen molar-refractivity contribution in [1.29, 1.82) is 0 Å². The van der Waals surface area contributed by atoms with E-state index in [1.807, 2.05) is 0 Å². The van der Waals surface area contributed by atoms with Gasteiger partial charge in [-0.25, -0.2) is 0 Å². The van der Waals surface area contributed by atoms with Crippen LogP contribution in [0.5, 0.6) is 0 Å². The molecule has 0 aromatic carbocycles. The average molecular weight is 699 g/mol. The Morgan fingerprint density at radius 2 is 1.91 bits per heavy atom. The molecule has 0 bridgehead atoms. The molecule has 0 aromatic rings. The van der Waals surface area contributed by atoms with Gasteiger partial charge in [0.05, 0.1) is 41.9 Å². The van der Waals surface area contributed by atoms with Crippen molar-refractivity contribution in [2.75, 3.05) is 14.2 Å². The lowest BCUT2D eigenvalue weighted by molar-refractivity contribution is -0.247. The predicted molar refractivity (Wildman–Crippen MR) is 138 cm³/mol. The minimum absolute atomic E-state index is 0.0263. The van der Waals surface area contributed by atoms with Crippen LogP contribution in [0.2, 0.25) is 0 Å². The number of esters is 1. The van der Waals surface area contributed by atoms with Crippen LogP contribution in [0, 0.1) is 0 Å². The van der Waals surface area contributed by atoms with Crippen molar-refractivity contribution in [3.8, 4) is 0 Å². The number of aliphatic hydroxyl groups is 1. The highest BCUT2D eigenvalue weighted by Gasteiger charge is 2.53. The fraction of sp³-hybridized carbons (Fsp3) is 0.864. The number of carbonyl (C=O) groups excluding carboxylic acids is 1. The molecule has 3 heterocycles. The third kappa shape index (κ3) is 6.92. The molecule has 1 N–H and O–H groups in total. The van der Waals surface area contributed by atoms with Crippen LogP contribution in [-0.4, -0.2) is 83.4 Å². The molecular formula is C22H33ClI2O7. The summed E-state index contributed by atoms with van der Waals surface area (Å²) >= 11 is 10.9. The Labute approximate surface area is 222 Å². The maximum atomic E-state index is 11.7. The molecule has 3 saturated heterocycles. The van der Waals surface area contributed by atoms with Crippen molar-refractivity contribution in [1.82, 2.24) is 0 Å². The summed E-state index contributed by atoms with van der Waals surface area (Å²) in [4.78, 5) is 11.7. The quantitative estimate of drug-likeness (QED) is 0.222. The third-order valence-electron chi connectivity index (χ3n) is 6.47. The number of ether oxygens (including phenoxy) is 5. The van der Waals surface area contributed by atoms with Crippen LogP contribution < -0.4 is 0 Å². The molecule has 0 radical (unpaired) electrons. The van der Waals surface area contributed by atoms with Crippen molar-refractivity contribution in [2.45, 2.75) is 103 Å². The highest BCUT2D eigenvalue weighted by Crippen LogP contribution is 2.41. The molecule has 5 unspecified atom stereocenters. The first-order valence-corrected chi connectivity index (χ1v) is 13.8. The lowest BCUT2D eigenvalue weighted by Crippen LogP contribution is -2.63. The summed E-state index contributed by atoms with van der Waals surface area (Å²) in [6.07, 6.45) is 2.43. The van der Waals surface area contributed by atoms with Crippen LogP contribution in [0.1, 0.15) is 44.9 Å². The second-order valence-corrected chi connectivity index (χ2v) is 12.4. The molecule has 0 aliphatic carbocycles. The summed E-state index contributed by atoms with van der Waals surface area (Å²) in [6, 6.07) is 0. The molecule has 10 heteroatoms. The van der Waals surface area contributed by atoms with Crippen LogP contribution >= 0.6 is 56.8 Å². The molecule has 3 rings (SSSR count). The Kier molecular flexibility index (Phi) is 10.8. The molecule has 184 valence electrons. The lowest BCUT2D eigenvalue weighted by atomic mass is 9.88. The van der Waals surface area contributed by atoms with Gasteiger partial charge in [0.25, 0.3) is 0 Å². The normalized spacial score (nSPS) is 40.5. The van der Waals surface area contributed by atoms with Gasteiger partial charge in [0.2, 0.25) is 0 Å². The molecule has 10 atom stereocenters. The van der Waals surface area contributed by atoms with Gasteiger partial charge < -0.3 is 28.8 Å². The standard InChI is InChI=1S/C22H33ClI2O7/c1-11(24)8-12(23)4-5-13-9-15(26)19(30-13)22-18(25)21(29-3)20-16(32-22)7-6-14(31-20)10-17(27)28-2/h12-16,18-22,26H,1,4-10H2,2-3H3/t12-,13?,14-,15?,16+,18?,19?,20+,21-,22?/m1/s1. The molecule has 0 spiro atoms. The molecule has 0 aromatic heterocycles. The number of alkyl halides is 2. The van der Waals surface area contributed by atoms with Crippen molar-refractivity contribution >= 4 is 62.8 Å². The Hall–Kier alpha value is 0.760. The Morgan fingerprint density at radius 1 is 1.19 bits per heavy atom. The molecule has 3 aliphatic heterocycles. The lowest BCUT2D eigenvalue weighted by Gasteiger charge is -2.49. The smallest absolute Gasteiger partial charge is 0.308 e. The first-order chi connectivity index (χ1) is 15.2. The van der Waals surface area contributed by atoms with Gasteiger partial charge in [-0.3, -0.25) is 4.79 Å². The van der Waals surface area contributed by atoms with E-state index in [-0.39, 0.29) is 58.3 Å². The fourth-order valence-corrected chi connectivity index (χ4v) is 7.26. The molecule has 0 amide bonds. The summed E-state index contributed by atoms with van der Waals surface area (Å²) in [6.45, 7) is 3.91. The number of allylic oxidation sites excluding steroid dienone is 1. The summed E-state index contributed by atoms with van der Waals surface area (Å²) in [5, 5.41) is 10.8. The number of methoxy groups -OCH3 is 2. The summed E-state index contributed by atoms with van der Waals surface area (Å²) < 4.78 is 30.5. The fourth-order valence-electron chi connectivity index (χ4n) is 4.88. The molecular weight excluding hydrogens is 665 g/mol. The van der Waals surface area contributed by atoms with Gasteiger partial charge in [-0.1, -0.05) is 29.2 Å². The van der Waals surface area contributed by atoms with Crippen LogP contribution in [0.15, 0.2) is 10.2 Å². The van der Waals surface area contributed by atoms with Gasteiger partial charge in [0.15, 0.2) is 0 Å². The average Bonchev–Trinajstić information content (AvgIpc) is 3.11. The van der Waals surface area contributed by atoms with Gasteiger partial charge in [-0.2, -0.15) is 0 Å². The molecule has 0 saturated carbocycles. The van der Waals surface area contributed by atoms with Gasteiger partial charge in [-0.05, 0) is 58.3 Å². The Morgan fingerprint density at radius 3 is 2.56 bits per heavy atom. The van der Waals surface area contributed by atoms with Gasteiger partial charge in [-0.15, -0.1) is 11.6 Å². The van der Waals surface area contributed by atoms with Crippen molar-refractivity contribution in [2.24, 2.45) is 0 Å². The van der Waals surface area contributed by atoms with Crippen LogP contribution in [0.25, 0.3) is 0 Å². The number of carbonyl (C=O) groups is 1. The van der Waals surface area contributed by atoms with E-state index in [0.29, 0.717) is 12.8 Å². The van der Waals surface area contributed by atoms with Gasteiger partial charge in [0, 0.05) is 18.9 Å². The van der Waals surface area contributed by atoms with E-state index in [1.54, 1.807) is 7.11 Å². The number of aliphatic hydroxyl groups excluding tert-OH is 1. The van der Waals surface area contributed by atoms with Crippen molar-refractivity contribution in [3.05, 3.63) is 10.2 Å². The Balaban J connectivity index is 1.59. The molecule has 3 fully saturated rings. The predicted octanol–water partition coefficient (Wildman–Crippen LogP) is 3.93. The van der Waals surface area contributed by atoms with E-state index < -0.39 is 12.2 Å². The van der Waals surface area contributed by atoms with Crippen molar-refractivity contribution in [3.63, 3.8) is 0 Å². The molecule has 7 nitrogen and oxygen atoms in total. The zero-order valence-corrected chi connectivity index (χ0v) is 23.5. The van der Waals surface area contributed by atoms with E-state index in [0.717, 1.165) is 29.3 Å². The van der Waals surface area contributed by atoms with Crippen LogP contribution in [0.4, 0.5) is 0 Å². The summed E-state index contributed by atoms with van der Waals surface area (Å²) in [7, 11) is 3.05. The number of hydrogen-bond acceptors (Lipinski definition) is 7. The van der Waals surface area contributed by atoms with E-state index >= 15 is 0 Å². The first kappa shape index (κ1) is 27.3. The molecule has 32 heavy (non-hydrogen) atoms. The third-order valence-corrected chi connectivity index (χ3v) is 8.70. The van der Waals surface area contributed by atoms with Gasteiger partial charge in [0.1, 0.15) is 24.4 Å². The number of fused-ring (bicyclic) bond motifs is 1. The van der Waals surface area contributed by atoms with Crippen molar-refractivity contribution < 1.29 is 33.6 Å². The van der Waals surface area contributed by atoms with E-state index in [4.69, 9.17) is 35.3 Å². The first-order valence-electron chi connectivity index (χ1n) is 11.1. The van der Waals surface area contributed by atoms with Crippen LogP contribution in [0.3, 0.4) is 0 Å². The topological polar surface area (TPSA) is 83.5 Å². The number of hydrogen-bond donors (Lipinski definition) is 1. The Bertz CT molecular complexity index is 654. The maximum Gasteiger partial charge on any atom is 0.308 e. The highest BCUT2D eigenvalue weighted by molar-refractivity contribution is 14.1. The van der Waals surface area contributed by atoms with E-state index in [1.165, 1.54) is 7.11 Å². The van der Waals surface area contributed by atoms with Gasteiger partial charge >= 0.3 is 5.97 Å². The zero-order chi connectivity index (χ0) is 23.4. The minimum atomic E-state index is -0.596. The highest BCUT2D eigenvalue weighted by atomic mass is 127. The maximum absolute atomic E-state index is 11.7. The van der Waals surface area contributed by atoms with E-state index in [9.17, 15) is 9.90 Å². The SMILES string of the molecule is C=C(I)C[C@H](Cl)CCC1CC(O)C(C2O[C@H]3CC[C@H](CC(=O)OC)O[C@@H]3[C@H](OC)C2I)O1. The largest absolute Gasteiger partial charge is 0.469 e. The monoisotopic (exact) mass is 698 g/mol. The zero-order valence-electron chi connectivity index (χ0n) is 18.5. The second-order valence-electron chi connectivity index (χ2n) is 8.79.